The normalized spacial score (nSPS) is 14.0. The van der Waals surface area contributed by atoms with Crippen molar-refractivity contribution in [3.8, 4) is 0 Å². The van der Waals surface area contributed by atoms with E-state index in [2.05, 4.69) is 4.98 Å². The van der Waals surface area contributed by atoms with Crippen LogP contribution in [0.4, 0.5) is 0 Å². The summed E-state index contributed by atoms with van der Waals surface area (Å²) in [7, 11) is -3.56. The maximum absolute atomic E-state index is 12.8. The molecule has 0 spiro atoms. The minimum Gasteiger partial charge on any atom is -0.308 e. The summed E-state index contributed by atoms with van der Waals surface area (Å²) in [6, 6.07) is 8.33. The summed E-state index contributed by atoms with van der Waals surface area (Å²) in [5, 5.41) is -0.809. The summed E-state index contributed by atoms with van der Waals surface area (Å²) in [6.45, 7) is 9.35. The number of nitrogens with zero attached hydrogens (tertiary/aromatic N) is 1. The Bertz CT molecular complexity index is 840. The van der Waals surface area contributed by atoms with Gasteiger partial charge in [0.25, 0.3) is 0 Å². The van der Waals surface area contributed by atoms with Crippen LogP contribution >= 0.6 is 0 Å². The van der Waals surface area contributed by atoms with Gasteiger partial charge in [0.15, 0.2) is 9.84 Å². The molecule has 1 aromatic carbocycles. The van der Waals surface area contributed by atoms with Crippen LogP contribution in [0.3, 0.4) is 0 Å². The van der Waals surface area contributed by atoms with Crippen LogP contribution in [-0.4, -0.2) is 18.0 Å². The van der Waals surface area contributed by atoms with Crippen molar-refractivity contribution >= 4 is 9.84 Å². The second-order valence-corrected chi connectivity index (χ2v) is 8.92. The standard InChI is InChI=1S/C17H24N2O3S/c1-6-14-15(18-16(20)19(14)17(3,4)5)12(2)23(21,22)13-10-8-7-9-11-13/h7-12H,6H2,1-5H3,(H,18,20)/t12-/m1/s1. The van der Waals surface area contributed by atoms with E-state index < -0.39 is 20.6 Å². The van der Waals surface area contributed by atoms with Gasteiger partial charge in [0.05, 0.1) is 10.6 Å². The Morgan fingerprint density at radius 3 is 2.22 bits per heavy atom. The number of nitrogens with one attached hydrogen (secondary N) is 1. The van der Waals surface area contributed by atoms with Gasteiger partial charge in [-0.25, -0.2) is 13.2 Å². The lowest BCUT2D eigenvalue weighted by Crippen LogP contribution is -2.33. The fourth-order valence-corrected chi connectivity index (χ4v) is 4.30. The number of benzene rings is 1. The third kappa shape index (κ3) is 3.13. The van der Waals surface area contributed by atoms with Crippen molar-refractivity contribution in [2.24, 2.45) is 0 Å². The molecule has 0 aliphatic rings. The van der Waals surface area contributed by atoms with Crippen LogP contribution in [0, 0.1) is 0 Å². The van der Waals surface area contributed by atoms with Gasteiger partial charge in [-0.1, -0.05) is 25.1 Å². The molecule has 0 radical (unpaired) electrons. The lowest BCUT2D eigenvalue weighted by atomic mass is 10.1. The van der Waals surface area contributed by atoms with Crippen LogP contribution in [0.25, 0.3) is 0 Å². The highest BCUT2D eigenvalue weighted by molar-refractivity contribution is 7.91. The van der Waals surface area contributed by atoms with Crippen molar-refractivity contribution in [3.63, 3.8) is 0 Å². The molecule has 0 amide bonds. The van der Waals surface area contributed by atoms with Crippen LogP contribution in [-0.2, 0) is 21.8 Å². The molecule has 0 bridgehead atoms. The molecule has 0 fully saturated rings. The highest BCUT2D eigenvalue weighted by Gasteiger charge is 2.31. The number of imidazole rings is 1. The number of hydrogen-bond acceptors (Lipinski definition) is 3. The molecule has 0 aliphatic heterocycles. The third-order valence-corrected chi connectivity index (χ3v) is 6.07. The van der Waals surface area contributed by atoms with Gasteiger partial charge in [-0.15, -0.1) is 0 Å². The fraction of sp³-hybridized carbons (Fsp3) is 0.471. The largest absolute Gasteiger partial charge is 0.326 e. The summed E-state index contributed by atoms with van der Waals surface area (Å²) < 4.78 is 27.3. The zero-order valence-electron chi connectivity index (χ0n) is 14.3. The zero-order chi connectivity index (χ0) is 17.4. The molecular formula is C17H24N2O3S. The molecule has 1 heterocycles. The van der Waals surface area contributed by atoms with Crippen molar-refractivity contribution in [1.82, 2.24) is 9.55 Å². The van der Waals surface area contributed by atoms with Gasteiger partial charge in [0, 0.05) is 11.2 Å². The van der Waals surface area contributed by atoms with E-state index in [-0.39, 0.29) is 10.6 Å². The Labute approximate surface area is 137 Å². The topological polar surface area (TPSA) is 71.9 Å². The van der Waals surface area contributed by atoms with Crippen LogP contribution in [0.2, 0.25) is 0 Å². The first-order chi connectivity index (χ1) is 10.6. The van der Waals surface area contributed by atoms with Gasteiger partial charge < -0.3 is 4.98 Å². The molecule has 2 aromatic rings. The first kappa shape index (κ1) is 17.5. The van der Waals surface area contributed by atoms with Crippen LogP contribution in [0.1, 0.15) is 51.3 Å². The Morgan fingerprint density at radius 2 is 1.74 bits per heavy atom. The average molecular weight is 336 g/mol. The fourth-order valence-electron chi connectivity index (χ4n) is 2.85. The van der Waals surface area contributed by atoms with Crippen LogP contribution in [0.5, 0.6) is 0 Å². The van der Waals surface area contributed by atoms with E-state index in [1.54, 1.807) is 41.8 Å². The molecule has 0 saturated heterocycles. The molecule has 6 heteroatoms. The van der Waals surface area contributed by atoms with Crippen molar-refractivity contribution < 1.29 is 8.42 Å². The van der Waals surface area contributed by atoms with Crippen molar-refractivity contribution in [2.45, 2.75) is 56.7 Å². The maximum atomic E-state index is 12.8. The molecule has 1 atom stereocenters. The summed E-state index contributed by atoms with van der Waals surface area (Å²) >= 11 is 0. The summed E-state index contributed by atoms with van der Waals surface area (Å²) in [6.07, 6.45) is 0.583. The number of hydrogen-bond donors (Lipinski definition) is 1. The van der Waals surface area contributed by atoms with Gasteiger partial charge >= 0.3 is 5.69 Å². The predicted molar refractivity (Wildman–Crippen MR) is 91.5 cm³/mol. The first-order valence-corrected chi connectivity index (χ1v) is 9.28. The van der Waals surface area contributed by atoms with E-state index in [0.717, 1.165) is 5.69 Å². The predicted octanol–water partition coefficient (Wildman–Crippen LogP) is 3.03. The van der Waals surface area contributed by atoms with E-state index in [9.17, 15) is 13.2 Å². The summed E-state index contributed by atoms with van der Waals surface area (Å²) in [5.74, 6) is 0. The van der Waals surface area contributed by atoms with Crippen molar-refractivity contribution in [1.29, 1.82) is 0 Å². The molecular weight excluding hydrogens is 312 g/mol. The van der Waals surface area contributed by atoms with E-state index in [1.807, 2.05) is 27.7 Å². The molecule has 2 rings (SSSR count). The second-order valence-electron chi connectivity index (χ2n) is 6.65. The summed E-state index contributed by atoms with van der Waals surface area (Å²) in [5.41, 5.74) is 0.554. The monoisotopic (exact) mass is 336 g/mol. The lowest BCUT2D eigenvalue weighted by molar-refractivity contribution is 0.374. The first-order valence-electron chi connectivity index (χ1n) is 7.74. The second kappa shape index (κ2) is 6.00. The molecule has 126 valence electrons. The Kier molecular flexibility index (Phi) is 4.57. The SMILES string of the molecule is CCc1c([C@@H](C)S(=O)(=O)c2ccccc2)[nH]c(=O)n1C(C)(C)C. The van der Waals surface area contributed by atoms with Gasteiger partial charge in [-0.05, 0) is 46.2 Å². The van der Waals surface area contributed by atoms with Crippen LogP contribution in [0.15, 0.2) is 40.0 Å². The van der Waals surface area contributed by atoms with Gasteiger partial charge in [0.1, 0.15) is 5.25 Å². The van der Waals surface area contributed by atoms with Crippen molar-refractivity contribution in [2.75, 3.05) is 0 Å². The van der Waals surface area contributed by atoms with E-state index in [1.165, 1.54) is 0 Å². The number of sulfone groups is 1. The van der Waals surface area contributed by atoms with Gasteiger partial charge in [-0.2, -0.15) is 0 Å². The van der Waals surface area contributed by atoms with Gasteiger partial charge in [0.2, 0.25) is 0 Å². The Morgan fingerprint density at radius 1 is 1.17 bits per heavy atom. The van der Waals surface area contributed by atoms with Gasteiger partial charge in [-0.3, -0.25) is 4.57 Å². The highest BCUT2D eigenvalue weighted by Crippen LogP contribution is 2.30. The molecule has 23 heavy (non-hydrogen) atoms. The Hall–Kier alpha value is -1.82. The minimum atomic E-state index is -3.56. The quantitative estimate of drug-likeness (QED) is 0.933. The van der Waals surface area contributed by atoms with Crippen molar-refractivity contribution in [3.05, 3.63) is 52.2 Å². The lowest BCUT2D eigenvalue weighted by Gasteiger charge is -2.23. The number of aromatic nitrogens is 2. The molecule has 0 unspecified atom stereocenters. The van der Waals surface area contributed by atoms with E-state index in [0.29, 0.717) is 12.1 Å². The molecule has 5 nitrogen and oxygen atoms in total. The zero-order valence-corrected chi connectivity index (χ0v) is 15.1. The number of H-pyrrole nitrogens is 1. The molecule has 1 aromatic heterocycles. The molecule has 0 aliphatic carbocycles. The number of aromatic amines is 1. The van der Waals surface area contributed by atoms with E-state index >= 15 is 0 Å². The molecule has 0 saturated carbocycles. The van der Waals surface area contributed by atoms with E-state index in [4.69, 9.17) is 0 Å². The Balaban J connectivity index is 2.62. The summed E-state index contributed by atoms with van der Waals surface area (Å²) in [4.78, 5) is 15.4. The minimum absolute atomic E-state index is 0.263. The average Bonchev–Trinajstić information content (AvgIpc) is 2.83. The number of rotatable bonds is 4. The maximum Gasteiger partial charge on any atom is 0.326 e. The molecule has 1 N–H and O–H groups in total. The highest BCUT2D eigenvalue weighted by atomic mass is 32.2. The van der Waals surface area contributed by atoms with Crippen LogP contribution < -0.4 is 5.69 Å². The smallest absolute Gasteiger partial charge is 0.308 e. The third-order valence-electron chi connectivity index (χ3n) is 3.97.